The molecule has 0 aliphatic rings. The number of esters is 2. The van der Waals surface area contributed by atoms with Gasteiger partial charge in [0.15, 0.2) is 0 Å². The Kier molecular flexibility index (Phi) is 12.7. The van der Waals surface area contributed by atoms with Crippen LogP contribution >= 0.6 is 12.4 Å². The molecule has 210 valence electrons. The van der Waals surface area contributed by atoms with Gasteiger partial charge in [0.2, 0.25) is 0 Å². The minimum absolute atomic E-state index is 0. The molecule has 0 fully saturated rings. The van der Waals surface area contributed by atoms with Gasteiger partial charge in [-0.05, 0) is 72.9 Å². The maximum Gasteiger partial charge on any atom is 0.313 e. The highest BCUT2D eigenvalue weighted by Gasteiger charge is 2.19. The molecule has 0 aliphatic carbocycles. The lowest BCUT2D eigenvalue weighted by molar-refractivity contribution is -0.147. The number of rotatable bonds is 12. The van der Waals surface area contributed by atoms with Crippen LogP contribution in [0.5, 0.6) is 0 Å². The number of halogens is 1. The third-order valence-electron chi connectivity index (χ3n) is 6.54. The first-order valence-electron chi connectivity index (χ1n) is 13.6. The van der Waals surface area contributed by atoms with Crippen LogP contribution in [0.15, 0.2) is 66.7 Å². The van der Waals surface area contributed by atoms with E-state index < -0.39 is 0 Å². The molecule has 2 unspecified atom stereocenters. The van der Waals surface area contributed by atoms with Gasteiger partial charge in [-0.2, -0.15) is 0 Å². The topological polar surface area (TPSA) is 65.5 Å². The van der Waals surface area contributed by atoms with Crippen LogP contribution in [0.25, 0.3) is 0 Å². The normalized spacial score (nSPS) is 12.5. The van der Waals surface area contributed by atoms with E-state index in [0.717, 1.165) is 24.0 Å². The Morgan fingerprint density at radius 1 is 0.615 bits per heavy atom. The smallest absolute Gasteiger partial charge is 0.313 e. The number of nitrogens with zero attached hydrogens (tertiary/aromatic N) is 1. The zero-order chi connectivity index (χ0) is 27.7. The molecule has 39 heavy (non-hydrogen) atoms. The Labute approximate surface area is 239 Å². The highest BCUT2D eigenvalue weighted by atomic mass is 35.5. The largest absolute Gasteiger partial charge is 0.459 e. The molecule has 0 aliphatic heterocycles. The maximum atomic E-state index is 12.6. The zero-order valence-corrected chi connectivity index (χ0v) is 24.8. The second-order valence-electron chi connectivity index (χ2n) is 11.0. The molecule has 0 N–H and O–H groups in total. The Morgan fingerprint density at radius 2 is 0.974 bits per heavy atom. The predicted octanol–water partition coefficient (Wildman–Crippen LogP) is 7.59. The highest BCUT2D eigenvalue weighted by Crippen LogP contribution is 2.21. The van der Waals surface area contributed by atoms with Gasteiger partial charge in [0.25, 0.3) is 0 Å². The van der Waals surface area contributed by atoms with Gasteiger partial charge in [-0.3, -0.25) is 14.6 Å². The first kappa shape index (κ1) is 32.0. The van der Waals surface area contributed by atoms with Crippen LogP contribution in [-0.4, -0.2) is 16.9 Å². The van der Waals surface area contributed by atoms with Crippen molar-refractivity contribution in [1.29, 1.82) is 0 Å². The van der Waals surface area contributed by atoms with Crippen LogP contribution in [0.3, 0.4) is 0 Å². The van der Waals surface area contributed by atoms with Crippen LogP contribution in [-0.2, 0) is 45.1 Å². The number of hydrogen-bond donors (Lipinski definition) is 0. The van der Waals surface area contributed by atoms with Gasteiger partial charge in [0, 0.05) is 0 Å². The fraction of sp³-hybridized carbons (Fsp3) is 0.424. The van der Waals surface area contributed by atoms with Gasteiger partial charge in [-0.15, -0.1) is 12.4 Å². The Morgan fingerprint density at radius 3 is 1.31 bits per heavy atom. The fourth-order valence-corrected chi connectivity index (χ4v) is 4.33. The van der Waals surface area contributed by atoms with E-state index in [1.807, 2.05) is 44.2 Å². The Bertz CT molecular complexity index is 1100. The predicted molar refractivity (Wildman–Crippen MR) is 158 cm³/mol. The van der Waals surface area contributed by atoms with E-state index in [2.05, 4.69) is 56.9 Å². The SMILES string of the molecule is CC(C)Cc1ccc(C(C)C(=O)OCc2cccc(COC(=O)C(C)c3ccc(CC(C)C)cc3)n2)cc1.Cl. The van der Waals surface area contributed by atoms with Crippen molar-refractivity contribution in [1.82, 2.24) is 4.98 Å². The summed E-state index contributed by atoms with van der Waals surface area (Å²) in [6.07, 6.45) is 2.03. The molecule has 2 aromatic carbocycles. The molecular formula is C33H42ClNO4. The van der Waals surface area contributed by atoms with Gasteiger partial charge in [-0.1, -0.05) is 82.3 Å². The second-order valence-corrected chi connectivity index (χ2v) is 11.0. The van der Waals surface area contributed by atoms with Crippen molar-refractivity contribution in [3.05, 3.63) is 100 Å². The van der Waals surface area contributed by atoms with Crippen LogP contribution in [0, 0.1) is 11.8 Å². The van der Waals surface area contributed by atoms with Crippen molar-refractivity contribution in [2.45, 2.75) is 79.4 Å². The molecule has 6 heteroatoms. The van der Waals surface area contributed by atoms with Crippen molar-refractivity contribution < 1.29 is 19.1 Å². The zero-order valence-electron chi connectivity index (χ0n) is 24.0. The molecule has 0 spiro atoms. The van der Waals surface area contributed by atoms with Gasteiger partial charge in [0.1, 0.15) is 13.2 Å². The Hall–Kier alpha value is -3.18. The molecule has 5 nitrogen and oxygen atoms in total. The Balaban J connectivity index is 0.00000533. The number of aromatic nitrogens is 1. The van der Waals surface area contributed by atoms with Crippen LogP contribution in [0.1, 0.15) is 87.0 Å². The molecule has 3 aromatic rings. The summed E-state index contributed by atoms with van der Waals surface area (Å²) in [6.45, 7) is 12.6. The number of pyridine rings is 1. The molecule has 0 saturated heterocycles. The van der Waals surface area contributed by atoms with Gasteiger partial charge in [-0.25, -0.2) is 0 Å². The standard InChI is InChI=1S/C33H41NO4.ClH/c1-22(2)18-26-10-14-28(15-11-26)24(5)32(35)37-20-30-8-7-9-31(34-30)21-38-33(36)25(6)29-16-12-27(13-17-29)19-23(3)4;/h7-17,22-25H,18-21H2,1-6H3;1H. The molecule has 1 aromatic heterocycles. The van der Waals surface area contributed by atoms with E-state index in [9.17, 15) is 9.59 Å². The van der Waals surface area contributed by atoms with Crippen LogP contribution in [0.2, 0.25) is 0 Å². The van der Waals surface area contributed by atoms with E-state index in [1.165, 1.54) is 11.1 Å². The van der Waals surface area contributed by atoms with Gasteiger partial charge < -0.3 is 9.47 Å². The minimum atomic E-state index is -0.367. The molecule has 3 rings (SSSR count). The molecule has 0 radical (unpaired) electrons. The van der Waals surface area contributed by atoms with Crippen LogP contribution in [0.4, 0.5) is 0 Å². The van der Waals surface area contributed by atoms with E-state index in [-0.39, 0.29) is 49.4 Å². The lowest BCUT2D eigenvalue weighted by atomic mass is 9.97. The number of ether oxygens (including phenoxy) is 2. The quantitative estimate of drug-likeness (QED) is 0.217. The first-order valence-corrected chi connectivity index (χ1v) is 13.6. The van der Waals surface area contributed by atoms with Gasteiger partial charge in [0.05, 0.1) is 23.2 Å². The first-order chi connectivity index (χ1) is 18.1. The summed E-state index contributed by atoms with van der Waals surface area (Å²) in [5.74, 6) is -0.154. The van der Waals surface area contributed by atoms with Crippen molar-refractivity contribution in [2.75, 3.05) is 0 Å². The average Bonchev–Trinajstić information content (AvgIpc) is 2.90. The third kappa shape index (κ3) is 10.1. The minimum Gasteiger partial charge on any atom is -0.459 e. The van der Waals surface area contributed by atoms with Crippen molar-refractivity contribution in [3.63, 3.8) is 0 Å². The third-order valence-corrected chi connectivity index (χ3v) is 6.54. The summed E-state index contributed by atoms with van der Waals surface area (Å²) < 4.78 is 11.1. The lowest BCUT2D eigenvalue weighted by Gasteiger charge is -2.14. The second kappa shape index (κ2) is 15.4. The van der Waals surface area contributed by atoms with E-state index in [4.69, 9.17) is 9.47 Å². The molecule has 0 amide bonds. The van der Waals surface area contributed by atoms with Crippen molar-refractivity contribution >= 4 is 24.3 Å². The number of hydrogen-bond acceptors (Lipinski definition) is 5. The molecule has 0 bridgehead atoms. The average molecular weight is 552 g/mol. The monoisotopic (exact) mass is 551 g/mol. The van der Waals surface area contributed by atoms with E-state index >= 15 is 0 Å². The van der Waals surface area contributed by atoms with Gasteiger partial charge >= 0.3 is 11.9 Å². The van der Waals surface area contributed by atoms with Crippen LogP contribution < -0.4 is 0 Å². The molecular weight excluding hydrogens is 510 g/mol. The van der Waals surface area contributed by atoms with E-state index in [0.29, 0.717) is 23.2 Å². The van der Waals surface area contributed by atoms with Crippen molar-refractivity contribution in [3.8, 4) is 0 Å². The maximum absolute atomic E-state index is 12.6. The summed E-state index contributed by atoms with van der Waals surface area (Å²) in [5.41, 5.74) is 5.61. The number of benzene rings is 2. The molecule has 1 heterocycles. The molecule has 2 atom stereocenters. The summed E-state index contributed by atoms with van der Waals surface area (Å²) >= 11 is 0. The lowest BCUT2D eigenvalue weighted by Crippen LogP contribution is -2.15. The summed E-state index contributed by atoms with van der Waals surface area (Å²) in [4.78, 5) is 29.8. The number of carbonyl (C=O) groups is 2. The summed E-state index contributed by atoms with van der Waals surface area (Å²) in [6, 6.07) is 21.7. The summed E-state index contributed by atoms with van der Waals surface area (Å²) in [5, 5.41) is 0. The number of carbonyl (C=O) groups excluding carboxylic acids is 2. The summed E-state index contributed by atoms with van der Waals surface area (Å²) in [7, 11) is 0. The highest BCUT2D eigenvalue weighted by molar-refractivity contribution is 5.85. The van der Waals surface area contributed by atoms with E-state index in [1.54, 1.807) is 12.1 Å². The fourth-order valence-electron chi connectivity index (χ4n) is 4.33. The van der Waals surface area contributed by atoms with Crippen molar-refractivity contribution in [2.24, 2.45) is 11.8 Å². The molecule has 0 saturated carbocycles.